The fraction of sp³-hybridized carbons (Fsp3) is 0.0952. The van der Waals surface area contributed by atoms with Crippen LogP contribution in [0.4, 0.5) is 0 Å². The van der Waals surface area contributed by atoms with Gasteiger partial charge < -0.3 is 10.5 Å². The number of hydrogen-bond acceptors (Lipinski definition) is 6. The standard InChI is InChI=1S/C21H17N5O2S/c1-2-17-16(11-22)18(19(29-17)21(27)28)14-7-3-12(4-8-14)13-5-9-15(10-6-13)20-23-25-26-24-20/h3-11,22H,2H2,1H3,(H,27,28)(H,23,24,25,26). The summed E-state index contributed by atoms with van der Waals surface area (Å²) < 4.78 is 0. The number of benzene rings is 2. The molecular formula is C21H17N5O2S. The van der Waals surface area contributed by atoms with E-state index in [1.807, 2.05) is 55.5 Å². The number of thiophene rings is 1. The van der Waals surface area contributed by atoms with Crippen molar-refractivity contribution in [3.05, 3.63) is 63.8 Å². The van der Waals surface area contributed by atoms with E-state index in [4.69, 9.17) is 5.41 Å². The van der Waals surface area contributed by atoms with E-state index < -0.39 is 5.97 Å². The number of tetrazole rings is 1. The van der Waals surface area contributed by atoms with Gasteiger partial charge in [-0.2, -0.15) is 5.21 Å². The second-order valence-electron chi connectivity index (χ2n) is 6.34. The Bertz CT molecular complexity index is 1160. The van der Waals surface area contributed by atoms with Gasteiger partial charge in [-0.25, -0.2) is 4.79 Å². The van der Waals surface area contributed by atoms with Crippen molar-refractivity contribution in [2.24, 2.45) is 0 Å². The maximum absolute atomic E-state index is 11.7. The van der Waals surface area contributed by atoms with E-state index in [9.17, 15) is 9.90 Å². The van der Waals surface area contributed by atoms with Crippen LogP contribution < -0.4 is 0 Å². The van der Waals surface area contributed by atoms with E-state index in [0.717, 1.165) is 27.1 Å². The molecule has 0 aliphatic rings. The molecule has 2 heterocycles. The SMILES string of the molecule is CCc1sc(C(=O)O)c(-c2ccc(-c3ccc(-c4nn[nH]n4)cc3)cc2)c1C=N. The molecule has 4 rings (SSSR count). The fourth-order valence-corrected chi connectivity index (χ4v) is 4.35. The summed E-state index contributed by atoms with van der Waals surface area (Å²) in [6.07, 6.45) is 1.95. The second-order valence-corrected chi connectivity index (χ2v) is 7.44. The van der Waals surface area contributed by atoms with Gasteiger partial charge in [0.15, 0.2) is 0 Å². The quantitative estimate of drug-likeness (QED) is 0.409. The molecule has 0 fully saturated rings. The van der Waals surface area contributed by atoms with Crippen LogP contribution in [0.3, 0.4) is 0 Å². The van der Waals surface area contributed by atoms with Gasteiger partial charge in [-0.05, 0) is 28.3 Å². The summed E-state index contributed by atoms with van der Waals surface area (Å²) in [6, 6.07) is 15.5. The van der Waals surface area contributed by atoms with Crippen LogP contribution in [-0.4, -0.2) is 37.9 Å². The van der Waals surface area contributed by atoms with Crippen LogP contribution in [0.2, 0.25) is 0 Å². The Morgan fingerprint density at radius 2 is 1.66 bits per heavy atom. The smallest absolute Gasteiger partial charge is 0.346 e. The number of aromatic carboxylic acids is 1. The van der Waals surface area contributed by atoms with Crippen molar-refractivity contribution in [1.82, 2.24) is 20.6 Å². The number of aromatic amines is 1. The highest BCUT2D eigenvalue weighted by molar-refractivity contribution is 7.15. The molecule has 3 N–H and O–H groups in total. The molecule has 0 aliphatic carbocycles. The van der Waals surface area contributed by atoms with Crippen molar-refractivity contribution >= 4 is 23.5 Å². The van der Waals surface area contributed by atoms with E-state index in [0.29, 0.717) is 23.4 Å². The highest BCUT2D eigenvalue weighted by atomic mass is 32.1. The first-order valence-corrected chi connectivity index (χ1v) is 9.78. The first kappa shape index (κ1) is 18.7. The van der Waals surface area contributed by atoms with Crippen molar-refractivity contribution < 1.29 is 9.90 Å². The number of H-pyrrole nitrogens is 1. The zero-order valence-electron chi connectivity index (χ0n) is 15.5. The van der Waals surface area contributed by atoms with Crippen LogP contribution in [0.25, 0.3) is 33.6 Å². The van der Waals surface area contributed by atoms with Crippen molar-refractivity contribution in [3.63, 3.8) is 0 Å². The molecule has 7 nitrogen and oxygen atoms in total. The lowest BCUT2D eigenvalue weighted by molar-refractivity contribution is 0.0703. The molecule has 29 heavy (non-hydrogen) atoms. The summed E-state index contributed by atoms with van der Waals surface area (Å²) >= 11 is 1.24. The minimum absolute atomic E-state index is 0.276. The molecule has 0 unspecified atom stereocenters. The van der Waals surface area contributed by atoms with E-state index in [-0.39, 0.29) is 4.88 Å². The number of nitrogens with one attached hydrogen (secondary N) is 2. The number of hydrogen-bond donors (Lipinski definition) is 3. The average molecular weight is 403 g/mol. The maximum atomic E-state index is 11.7. The van der Waals surface area contributed by atoms with Gasteiger partial charge in [-0.15, -0.1) is 21.5 Å². The highest BCUT2D eigenvalue weighted by Crippen LogP contribution is 2.37. The van der Waals surface area contributed by atoms with E-state index in [1.165, 1.54) is 17.6 Å². The molecule has 0 bridgehead atoms. The molecule has 144 valence electrons. The Labute approximate surface area is 170 Å². The van der Waals surface area contributed by atoms with Crippen molar-refractivity contribution in [3.8, 4) is 33.6 Å². The summed E-state index contributed by atoms with van der Waals surface area (Å²) in [4.78, 5) is 12.9. The van der Waals surface area contributed by atoms with Gasteiger partial charge in [-0.1, -0.05) is 55.5 Å². The topological polar surface area (TPSA) is 116 Å². The molecule has 0 radical (unpaired) electrons. The molecule has 2 aromatic carbocycles. The Balaban J connectivity index is 1.69. The lowest BCUT2D eigenvalue weighted by atomic mass is 9.96. The highest BCUT2D eigenvalue weighted by Gasteiger charge is 2.21. The molecular weight excluding hydrogens is 386 g/mol. The number of rotatable bonds is 6. The molecule has 0 aliphatic heterocycles. The molecule has 0 atom stereocenters. The third-order valence-corrected chi connectivity index (χ3v) is 6.01. The van der Waals surface area contributed by atoms with Crippen molar-refractivity contribution in [1.29, 1.82) is 5.41 Å². The van der Waals surface area contributed by atoms with Gasteiger partial charge in [-0.3, -0.25) is 0 Å². The molecule has 4 aromatic rings. The number of nitrogens with zero attached hydrogens (tertiary/aromatic N) is 3. The zero-order valence-corrected chi connectivity index (χ0v) is 16.3. The summed E-state index contributed by atoms with van der Waals surface area (Å²) in [5, 5.41) is 31.3. The number of carboxylic acids is 1. The fourth-order valence-electron chi connectivity index (χ4n) is 3.27. The average Bonchev–Trinajstić information content (AvgIpc) is 3.42. The van der Waals surface area contributed by atoms with Gasteiger partial charge in [0, 0.05) is 27.8 Å². The van der Waals surface area contributed by atoms with Gasteiger partial charge in [0.25, 0.3) is 0 Å². The van der Waals surface area contributed by atoms with E-state index in [2.05, 4.69) is 20.6 Å². The Hall–Kier alpha value is -3.65. The minimum atomic E-state index is -0.964. The maximum Gasteiger partial charge on any atom is 0.346 e. The number of aryl methyl sites for hydroxylation is 1. The predicted octanol–water partition coefficient (Wildman–Crippen LogP) is 4.52. The minimum Gasteiger partial charge on any atom is -0.477 e. The van der Waals surface area contributed by atoms with Crippen LogP contribution >= 0.6 is 11.3 Å². The van der Waals surface area contributed by atoms with Crippen molar-refractivity contribution in [2.45, 2.75) is 13.3 Å². The Morgan fingerprint density at radius 3 is 2.14 bits per heavy atom. The molecule has 0 saturated carbocycles. The normalized spacial score (nSPS) is 10.8. The van der Waals surface area contributed by atoms with E-state index in [1.54, 1.807) is 0 Å². The molecule has 8 heteroatoms. The van der Waals surface area contributed by atoms with Crippen molar-refractivity contribution in [2.75, 3.05) is 0 Å². The zero-order chi connectivity index (χ0) is 20.4. The summed E-state index contributed by atoms with van der Waals surface area (Å²) in [5.41, 5.74) is 5.00. The van der Waals surface area contributed by atoms with Crippen LogP contribution in [0, 0.1) is 5.41 Å². The summed E-state index contributed by atoms with van der Waals surface area (Å²) in [5.74, 6) is -0.426. The van der Waals surface area contributed by atoms with Gasteiger partial charge in [0.1, 0.15) is 4.88 Å². The predicted molar refractivity (Wildman–Crippen MR) is 113 cm³/mol. The molecule has 2 aromatic heterocycles. The number of carbonyl (C=O) groups is 1. The lowest BCUT2D eigenvalue weighted by Gasteiger charge is -2.07. The first-order chi connectivity index (χ1) is 14.1. The van der Waals surface area contributed by atoms with Crippen LogP contribution in [0.15, 0.2) is 48.5 Å². The van der Waals surface area contributed by atoms with Crippen LogP contribution in [0.1, 0.15) is 27.0 Å². The Kier molecular flexibility index (Phi) is 5.01. The van der Waals surface area contributed by atoms with Gasteiger partial charge in [0.2, 0.25) is 5.82 Å². The number of aromatic nitrogens is 4. The third kappa shape index (κ3) is 3.45. The van der Waals surface area contributed by atoms with Gasteiger partial charge >= 0.3 is 5.97 Å². The number of carboxylic acid groups (broad SMARTS) is 1. The first-order valence-electron chi connectivity index (χ1n) is 8.96. The Morgan fingerprint density at radius 1 is 1.07 bits per heavy atom. The van der Waals surface area contributed by atoms with Crippen LogP contribution in [-0.2, 0) is 6.42 Å². The largest absolute Gasteiger partial charge is 0.477 e. The molecule has 0 amide bonds. The monoisotopic (exact) mass is 403 g/mol. The lowest BCUT2D eigenvalue weighted by Crippen LogP contribution is -1.96. The summed E-state index contributed by atoms with van der Waals surface area (Å²) in [7, 11) is 0. The third-order valence-electron chi connectivity index (χ3n) is 4.68. The second kappa shape index (κ2) is 7.76. The van der Waals surface area contributed by atoms with E-state index >= 15 is 0 Å². The molecule has 0 spiro atoms. The van der Waals surface area contributed by atoms with Crippen LogP contribution in [0.5, 0.6) is 0 Å². The van der Waals surface area contributed by atoms with Gasteiger partial charge in [0.05, 0.1) is 0 Å². The molecule has 0 saturated heterocycles. The summed E-state index contributed by atoms with van der Waals surface area (Å²) in [6.45, 7) is 1.97.